The SMILES string of the molecule is CC(=O)OC(C)(C)C.CC(=O)OC(C)(C)C12CC3CC(CC(C3)C1)C2.CC(=O)OC1(C)C2CC3CC(C2)CC1C3.CC(=O)OC1(C)CCCCC1. The highest BCUT2D eigenvalue weighted by Crippen LogP contribution is 2.64. The molecule has 0 aromatic rings. The Bertz CT molecular complexity index is 1170. The first kappa shape index (κ1) is 41.6. The summed E-state index contributed by atoms with van der Waals surface area (Å²) >= 11 is 0. The van der Waals surface area contributed by atoms with Crippen LogP contribution in [0.2, 0.25) is 0 Å². The lowest BCUT2D eigenvalue weighted by Gasteiger charge is -2.61. The summed E-state index contributed by atoms with van der Waals surface area (Å²) in [4.78, 5) is 43.5. The molecule has 9 rings (SSSR count). The molecular weight excluding hydrogens is 644 g/mol. The van der Waals surface area contributed by atoms with E-state index < -0.39 is 0 Å². The van der Waals surface area contributed by atoms with Crippen molar-refractivity contribution in [1.82, 2.24) is 0 Å². The Morgan fingerprint density at radius 3 is 1.24 bits per heavy atom. The Balaban J connectivity index is 0.000000159. The monoisotopic (exact) mass is 717 g/mol. The molecule has 8 heteroatoms. The van der Waals surface area contributed by atoms with E-state index in [0.717, 1.165) is 42.4 Å². The van der Waals surface area contributed by atoms with Crippen molar-refractivity contribution in [3.05, 3.63) is 0 Å². The van der Waals surface area contributed by atoms with E-state index in [1.54, 1.807) is 13.8 Å². The van der Waals surface area contributed by atoms with E-state index in [-0.39, 0.29) is 51.7 Å². The first-order chi connectivity index (χ1) is 23.5. The molecule has 9 fully saturated rings. The van der Waals surface area contributed by atoms with Crippen LogP contribution in [-0.2, 0) is 38.1 Å². The van der Waals surface area contributed by atoms with Gasteiger partial charge in [0, 0.05) is 33.1 Å². The van der Waals surface area contributed by atoms with Gasteiger partial charge < -0.3 is 18.9 Å². The largest absolute Gasteiger partial charge is 0.460 e. The smallest absolute Gasteiger partial charge is 0.303 e. The second-order valence-corrected chi connectivity index (χ2v) is 19.7. The second kappa shape index (κ2) is 16.1. The summed E-state index contributed by atoms with van der Waals surface area (Å²) in [6, 6.07) is 0. The number of carbonyl (C=O) groups is 4. The number of esters is 4. The van der Waals surface area contributed by atoms with Crippen LogP contribution >= 0.6 is 0 Å². The molecule has 8 nitrogen and oxygen atoms in total. The van der Waals surface area contributed by atoms with Gasteiger partial charge in [0.25, 0.3) is 0 Å². The van der Waals surface area contributed by atoms with Gasteiger partial charge in [0.2, 0.25) is 0 Å². The molecule has 0 amide bonds. The third kappa shape index (κ3) is 11.0. The molecule has 0 aliphatic heterocycles. The fourth-order valence-corrected chi connectivity index (χ4v) is 12.1. The highest BCUT2D eigenvalue weighted by Gasteiger charge is 2.59. The number of hydrogen-bond donors (Lipinski definition) is 0. The van der Waals surface area contributed by atoms with Crippen molar-refractivity contribution in [2.45, 2.75) is 201 Å². The van der Waals surface area contributed by atoms with Gasteiger partial charge in [-0.2, -0.15) is 0 Å². The standard InChI is InChI=1S/C15H24O2.C13H20O2.C9H16O2.C6H12O2/c1-10(16)17-14(2,3)15-7-11-4-12(8-15)6-13(5-11)9-15;1-8(14)15-13(2)11-4-9-3-10(6-11)7-12(13)5-9;1-8(10)11-9(2)6-4-3-5-7-9;1-5(7)8-6(2,3)4/h11-13H,4-9H2,1-3H3;9-12H,3-7H2,1-2H3;3-7H2,1-2H3;1-4H3. The van der Waals surface area contributed by atoms with E-state index in [4.69, 9.17) is 18.9 Å². The third-order valence-corrected chi connectivity index (χ3v) is 13.6. The lowest BCUT2D eigenvalue weighted by atomic mass is 9.46. The molecule has 51 heavy (non-hydrogen) atoms. The van der Waals surface area contributed by atoms with Crippen molar-refractivity contribution < 1.29 is 38.1 Å². The molecule has 0 aromatic carbocycles. The lowest BCUT2D eigenvalue weighted by molar-refractivity contribution is -0.201. The molecule has 9 aliphatic rings. The lowest BCUT2D eigenvalue weighted by Crippen LogP contribution is -2.57. The minimum atomic E-state index is -0.328. The van der Waals surface area contributed by atoms with Crippen LogP contribution in [0, 0.1) is 46.8 Å². The van der Waals surface area contributed by atoms with Gasteiger partial charge in [-0.05, 0) is 186 Å². The maximum Gasteiger partial charge on any atom is 0.303 e. The van der Waals surface area contributed by atoms with Gasteiger partial charge in [-0.3, -0.25) is 19.2 Å². The van der Waals surface area contributed by atoms with Gasteiger partial charge in [-0.1, -0.05) is 6.42 Å². The fraction of sp³-hybridized carbons (Fsp3) is 0.907. The van der Waals surface area contributed by atoms with E-state index in [1.807, 2.05) is 27.7 Å². The average Bonchev–Trinajstić information content (AvgIpc) is 2.93. The van der Waals surface area contributed by atoms with Crippen molar-refractivity contribution in [3.63, 3.8) is 0 Å². The highest BCUT2D eigenvalue weighted by molar-refractivity contribution is 5.67. The van der Waals surface area contributed by atoms with Crippen LogP contribution < -0.4 is 0 Å². The molecule has 9 saturated carbocycles. The summed E-state index contributed by atoms with van der Waals surface area (Å²) in [5.41, 5.74) is -0.586. The Morgan fingerprint density at radius 1 is 0.510 bits per heavy atom. The highest BCUT2D eigenvalue weighted by atomic mass is 16.6. The van der Waals surface area contributed by atoms with E-state index in [1.165, 1.54) is 104 Å². The topological polar surface area (TPSA) is 105 Å². The summed E-state index contributed by atoms with van der Waals surface area (Å²) in [7, 11) is 0. The van der Waals surface area contributed by atoms with Crippen LogP contribution in [0.25, 0.3) is 0 Å². The zero-order valence-corrected chi connectivity index (χ0v) is 34.1. The number of rotatable bonds is 4. The summed E-state index contributed by atoms with van der Waals surface area (Å²) in [6.45, 7) is 20.0. The molecule has 292 valence electrons. The molecule has 9 aliphatic carbocycles. The summed E-state index contributed by atoms with van der Waals surface area (Å²) < 4.78 is 21.4. The van der Waals surface area contributed by atoms with Crippen LogP contribution in [0.15, 0.2) is 0 Å². The molecule has 0 N–H and O–H groups in total. The first-order valence-electron chi connectivity index (χ1n) is 20.3. The van der Waals surface area contributed by atoms with Crippen LogP contribution in [0.3, 0.4) is 0 Å². The zero-order chi connectivity index (χ0) is 38.0. The van der Waals surface area contributed by atoms with Crippen molar-refractivity contribution in [2.24, 2.45) is 46.8 Å². The van der Waals surface area contributed by atoms with Gasteiger partial charge in [0.15, 0.2) is 0 Å². The van der Waals surface area contributed by atoms with E-state index in [2.05, 4.69) is 20.8 Å². The van der Waals surface area contributed by atoms with Crippen molar-refractivity contribution >= 4 is 23.9 Å². The molecule has 0 heterocycles. The van der Waals surface area contributed by atoms with Crippen molar-refractivity contribution in [2.75, 3.05) is 0 Å². The summed E-state index contributed by atoms with van der Waals surface area (Å²) in [5.74, 6) is 5.34. The maximum absolute atomic E-state index is 11.3. The van der Waals surface area contributed by atoms with Crippen molar-refractivity contribution in [1.29, 1.82) is 0 Å². The van der Waals surface area contributed by atoms with Gasteiger partial charge in [0.05, 0.1) is 0 Å². The summed E-state index contributed by atoms with van der Waals surface area (Å²) in [6.07, 6.45) is 20.6. The molecule has 0 unspecified atom stereocenters. The number of ether oxygens (including phenoxy) is 4. The second-order valence-electron chi connectivity index (χ2n) is 19.7. The Hall–Kier alpha value is -2.12. The zero-order valence-electron chi connectivity index (χ0n) is 34.1. The van der Waals surface area contributed by atoms with E-state index in [9.17, 15) is 19.2 Å². The van der Waals surface area contributed by atoms with Gasteiger partial charge in [0.1, 0.15) is 22.4 Å². The van der Waals surface area contributed by atoms with Gasteiger partial charge >= 0.3 is 23.9 Å². The van der Waals surface area contributed by atoms with Crippen LogP contribution in [-0.4, -0.2) is 46.3 Å². The van der Waals surface area contributed by atoms with Gasteiger partial charge in [-0.15, -0.1) is 0 Å². The van der Waals surface area contributed by atoms with E-state index in [0.29, 0.717) is 11.8 Å². The quantitative estimate of drug-likeness (QED) is 0.209. The third-order valence-electron chi connectivity index (χ3n) is 13.6. The minimum absolute atomic E-state index is 0.0926. The maximum atomic E-state index is 11.3. The van der Waals surface area contributed by atoms with Crippen LogP contribution in [0.4, 0.5) is 0 Å². The molecule has 0 saturated heterocycles. The Labute approximate surface area is 309 Å². The Kier molecular flexibility index (Phi) is 13.1. The van der Waals surface area contributed by atoms with Crippen LogP contribution in [0.1, 0.15) is 179 Å². The molecule has 0 aromatic heterocycles. The normalized spacial score (nSPS) is 36.5. The van der Waals surface area contributed by atoms with E-state index >= 15 is 0 Å². The predicted molar refractivity (Wildman–Crippen MR) is 198 cm³/mol. The minimum Gasteiger partial charge on any atom is -0.460 e. The summed E-state index contributed by atoms with van der Waals surface area (Å²) in [5, 5.41) is 0. The molecule has 8 bridgehead atoms. The van der Waals surface area contributed by atoms with Crippen LogP contribution in [0.5, 0.6) is 0 Å². The molecular formula is C43H72O8. The average molecular weight is 717 g/mol. The number of hydrogen-bond acceptors (Lipinski definition) is 8. The fourth-order valence-electron chi connectivity index (χ4n) is 12.1. The molecule has 0 radical (unpaired) electrons. The number of carbonyl (C=O) groups excluding carboxylic acids is 4. The van der Waals surface area contributed by atoms with Crippen molar-refractivity contribution in [3.8, 4) is 0 Å². The predicted octanol–water partition coefficient (Wildman–Crippen LogP) is 9.93. The first-order valence-corrected chi connectivity index (χ1v) is 20.3. The molecule has 0 spiro atoms. The Morgan fingerprint density at radius 2 is 0.902 bits per heavy atom. The van der Waals surface area contributed by atoms with Gasteiger partial charge in [-0.25, -0.2) is 0 Å². The molecule has 0 atom stereocenters.